The molecule has 0 aliphatic carbocycles. The minimum atomic E-state index is -4.99. The van der Waals surface area contributed by atoms with Gasteiger partial charge in [0, 0.05) is 24.0 Å². The minimum Gasteiger partial charge on any atom is -0.282 e. The van der Waals surface area contributed by atoms with Crippen LogP contribution in [0, 0.1) is 6.92 Å². The second kappa shape index (κ2) is 8.69. The van der Waals surface area contributed by atoms with Crippen LogP contribution in [-0.4, -0.2) is 25.7 Å². The van der Waals surface area contributed by atoms with Crippen molar-refractivity contribution in [1.82, 2.24) is 25.2 Å². The highest BCUT2D eigenvalue weighted by atomic mass is 19.4. The highest BCUT2D eigenvalue weighted by molar-refractivity contribution is 5.90. The first-order chi connectivity index (χ1) is 14.9. The van der Waals surface area contributed by atoms with E-state index in [-0.39, 0.29) is 11.9 Å². The first kappa shape index (κ1) is 22.8. The van der Waals surface area contributed by atoms with Crippen molar-refractivity contribution < 1.29 is 31.1 Å². The molecule has 1 amide bonds. The maximum Gasteiger partial charge on any atom is 0.416 e. The van der Waals surface area contributed by atoms with Crippen molar-refractivity contribution in [1.29, 1.82) is 0 Å². The number of nitrogens with zero attached hydrogens (tertiary/aromatic N) is 4. The smallest absolute Gasteiger partial charge is 0.282 e. The fraction of sp³-hybridized carbons (Fsp3) is 0.158. The highest BCUT2D eigenvalue weighted by Gasteiger charge is 2.37. The Morgan fingerprint density at radius 2 is 1.66 bits per heavy atom. The summed E-state index contributed by atoms with van der Waals surface area (Å²) in [6, 6.07) is 4.45. The number of carbonyl (C=O) groups excluding carboxylic acids is 1. The summed E-state index contributed by atoms with van der Waals surface area (Å²) in [4.78, 5) is 19.6. The number of anilines is 1. The number of hydrogen-bond donors (Lipinski definition) is 2. The number of hydrogen-bond acceptors (Lipinski definition) is 5. The Balaban J connectivity index is 1.74. The van der Waals surface area contributed by atoms with E-state index in [0.717, 1.165) is 28.8 Å². The summed E-state index contributed by atoms with van der Waals surface area (Å²) in [5.41, 5.74) is 2.37. The second-order valence-corrected chi connectivity index (χ2v) is 6.49. The molecule has 0 aliphatic heterocycles. The number of aryl methyl sites for hydroxylation is 1. The van der Waals surface area contributed by atoms with Crippen molar-refractivity contribution >= 4 is 17.9 Å². The molecule has 0 bridgehead atoms. The Morgan fingerprint density at radius 1 is 1.00 bits per heavy atom. The van der Waals surface area contributed by atoms with E-state index in [1.807, 2.05) is 6.92 Å². The number of benzene rings is 1. The van der Waals surface area contributed by atoms with Crippen LogP contribution in [0.3, 0.4) is 0 Å². The molecule has 0 spiro atoms. The van der Waals surface area contributed by atoms with Crippen molar-refractivity contribution in [2.75, 3.05) is 5.43 Å². The van der Waals surface area contributed by atoms with Crippen molar-refractivity contribution in [3.63, 3.8) is 0 Å². The Kier molecular flexibility index (Phi) is 6.18. The Labute approximate surface area is 176 Å². The molecule has 1 aromatic carbocycles. The van der Waals surface area contributed by atoms with E-state index >= 15 is 0 Å². The van der Waals surface area contributed by atoms with Crippen molar-refractivity contribution in [3.05, 3.63) is 65.6 Å². The summed E-state index contributed by atoms with van der Waals surface area (Å²) in [5, 5.41) is 3.80. The monoisotopic (exact) mass is 456 g/mol. The summed E-state index contributed by atoms with van der Waals surface area (Å²) in [6.45, 7) is 1.84. The van der Waals surface area contributed by atoms with E-state index in [1.54, 1.807) is 18.3 Å². The second-order valence-electron chi connectivity index (χ2n) is 6.49. The molecule has 0 atom stereocenters. The van der Waals surface area contributed by atoms with Crippen molar-refractivity contribution in [3.8, 4) is 11.4 Å². The molecule has 13 heteroatoms. The predicted octanol–water partition coefficient (Wildman–Crippen LogP) is 4.30. The molecule has 0 saturated carbocycles. The van der Waals surface area contributed by atoms with Gasteiger partial charge in [0.2, 0.25) is 0 Å². The molecule has 0 aliphatic rings. The third kappa shape index (κ3) is 5.83. The van der Waals surface area contributed by atoms with Crippen LogP contribution in [0.1, 0.15) is 16.7 Å². The molecular weight excluding hydrogens is 442 g/mol. The minimum absolute atomic E-state index is 0.0145. The lowest BCUT2D eigenvalue weighted by atomic mass is 10.0. The number of carbonyl (C=O) groups is 1. The third-order valence-electron chi connectivity index (χ3n) is 3.96. The fourth-order valence-electron chi connectivity index (χ4n) is 2.42. The largest absolute Gasteiger partial charge is 0.416 e. The first-order valence-electron chi connectivity index (χ1n) is 8.80. The Hall–Kier alpha value is -3.90. The Morgan fingerprint density at radius 3 is 2.22 bits per heavy atom. The average molecular weight is 456 g/mol. The molecule has 2 heterocycles. The fourth-order valence-corrected chi connectivity index (χ4v) is 2.42. The van der Waals surface area contributed by atoms with E-state index in [2.05, 4.69) is 25.9 Å². The van der Waals surface area contributed by atoms with E-state index in [9.17, 15) is 31.1 Å². The van der Waals surface area contributed by atoms with Gasteiger partial charge in [0.15, 0.2) is 5.82 Å². The number of halogens is 6. The van der Waals surface area contributed by atoms with Gasteiger partial charge in [0.05, 0.1) is 11.1 Å². The van der Waals surface area contributed by atoms with Crippen LogP contribution in [0.5, 0.6) is 0 Å². The number of aromatic nitrogens is 4. The molecule has 7 nitrogen and oxygen atoms in total. The molecule has 2 aromatic heterocycles. The lowest BCUT2D eigenvalue weighted by Crippen LogP contribution is -2.28. The highest BCUT2D eigenvalue weighted by Crippen LogP contribution is 2.38. The third-order valence-corrected chi connectivity index (χ3v) is 3.96. The molecule has 3 aromatic rings. The van der Waals surface area contributed by atoms with E-state index in [0.29, 0.717) is 18.0 Å². The molecule has 0 radical (unpaired) electrons. The van der Waals surface area contributed by atoms with Gasteiger partial charge < -0.3 is 0 Å². The standard InChI is InChI=1S/C19H14F6N6O/c1-11-2-3-15(26-9-11)28-29-16(32)4-5-31-10-27-17(30-31)12-6-13(18(20,21)22)8-14(7-12)19(23,24)25/h2-10H,1H3,(H,26,28)(H,29,32). The molecule has 0 saturated heterocycles. The van der Waals surface area contributed by atoms with Gasteiger partial charge >= 0.3 is 12.4 Å². The SMILES string of the molecule is Cc1ccc(NNC(=O)C=Cn2cnc(-c3cc(C(F)(F)F)cc(C(F)(F)F)c3)n2)nc1. The maximum absolute atomic E-state index is 13.0. The molecule has 0 fully saturated rings. The van der Waals surface area contributed by atoms with Gasteiger partial charge in [-0.15, -0.1) is 5.10 Å². The van der Waals surface area contributed by atoms with Gasteiger partial charge in [0.1, 0.15) is 12.1 Å². The summed E-state index contributed by atoms with van der Waals surface area (Å²) < 4.78 is 79.0. The number of pyridine rings is 1. The van der Waals surface area contributed by atoms with Crippen LogP contribution in [0.25, 0.3) is 17.6 Å². The summed E-state index contributed by atoms with van der Waals surface area (Å²) in [5.74, 6) is -0.623. The summed E-state index contributed by atoms with van der Waals surface area (Å²) in [6.07, 6.45) is -5.23. The average Bonchev–Trinajstić information content (AvgIpc) is 3.19. The van der Waals surface area contributed by atoms with Crippen LogP contribution < -0.4 is 10.9 Å². The van der Waals surface area contributed by atoms with Crippen LogP contribution in [0.2, 0.25) is 0 Å². The normalized spacial score (nSPS) is 12.2. The summed E-state index contributed by atoms with van der Waals surface area (Å²) in [7, 11) is 0. The predicted molar refractivity (Wildman–Crippen MR) is 102 cm³/mol. The number of alkyl halides is 6. The quantitative estimate of drug-likeness (QED) is 0.340. The number of rotatable bonds is 5. The van der Waals surface area contributed by atoms with Crippen LogP contribution in [0.4, 0.5) is 32.2 Å². The number of hydrazine groups is 1. The zero-order chi connectivity index (χ0) is 23.5. The maximum atomic E-state index is 13.0. The lowest BCUT2D eigenvalue weighted by Gasteiger charge is -2.13. The molecule has 2 N–H and O–H groups in total. The zero-order valence-electron chi connectivity index (χ0n) is 16.2. The van der Waals surface area contributed by atoms with Crippen molar-refractivity contribution in [2.24, 2.45) is 0 Å². The molecule has 0 unspecified atom stereocenters. The molecular formula is C19H14F6N6O. The molecule has 168 valence electrons. The van der Waals surface area contributed by atoms with Crippen LogP contribution in [-0.2, 0) is 17.1 Å². The van der Waals surface area contributed by atoms with Gasteiger partial charge in [-0.25, -0.2) is 14.6 Å². The van der Waals surface area contributed by atoms with Gasteiger partial charge in [-0.3, -0.25) is 15.6 Å². The first-order valence-corrected chi connectivity index (χ1v) is 8.80. The summed E-state index contributed by atoms with van der Waals surface area (Å²) >= 11 is 0. The number of amides is 1. The van der Waals surface area contributed by atoms with Gasteiger partial charge in [0.25, 0.3) is 5.91 Å². The molecule has 3 rings (SSSR count). The van der Waals surface area contributed by atoms with E-state index in [1.165, 1.54) is 0 Å². The van der Waals surface area contributed by atoms with Gasteiger partial charge in [-0.2, -0.15) is 26.3 Å². The topological polar surface area (TPSA) is 84.7 Å². The van der Waals surface area contributed by atoms with Gasteiger partial charge in [-0.05, 0) is 36.8 Å². The van der Waals surface area contributed by atoms with Gasteiger partial charge in [-0.1, -0.05) is 6.07 Å². The zero-order valence-corrected chi connectivity index (χ0v) is 16.2. The van der Waals surface area contributed by atoms with E-state index in [4.69, 9.17) is 0 Å². The van der Waals surface area contributed by atoms with Crippen LogP contribution >= 0.6 is 0 Å². The van der Waals surface area contributed by atoms with Crippen LogP contribution in [0.15, 0.2) is 48.9 Å². The number of nitrogens with one attached hydrogen (secondary N) is 2. The Bertz CT molecular complexity index is 1100. The molecule has 32 heavy (non-hydrogen) atoms. The lowest BCUT2D eigenvalue weighted by molar-refractivity contribution is -0.143. The van der Waals surface area contributed by atoms with Crippen molar-refractivity contribution in [2.45, 2.75) is 19.3 Å². The van der Waals surface area contributed by atoms with E-state index < -0.39 is 35.0 Å².